The van der Waals surface area contributed by atoms with Gasteiger partial charge in [0.15, 0.2) is 5.82 Å². The van der Waals surface area contributed by atoms with Crippen molar-refractivity contribution in [1.29, 1.82) is 0 Å². The molecule has 0 spiro atoms. The highest BCUT2D eigenvalue weighted by Gasteiger charge is 1.89. The predicted octanol–water partition coefficient (Wildman–Crippen LogP) is 0.418. The fourth-order valence-corrected chi connectivity index (χ4v) is 0.362. The average molecular weight is 109 g/mol. The molecule has 0 saturated carbocycles. The number of nitrogens with zero attached hydrogens (tertiary/aromatic N) is 2. The Balaban J connectivity index is 3.05. The van der Waals surface area contributed by atoms with Gasteiger partial charge in [0.1, 0.15) is 0 Å². The molecule has 39 valence electrons. The normalized spacial score (nSPS) is 8.50. The van der Waals surface area contributed by atoms with Gasteiger partial charge in [0.05, 0.1) is 12.4 Å². The lowest BCUT2D eigenvalue weighted by Gasteiger charge is -1.75. The van der Waals surface area contributed by atoms with Crippen LogP contribution in [0.15, 0.2) is 12.4 Å². The Hall–Kier alpha value is -1.30. The van der Waals surface area contributed by atoms with Crippen LogP contribution in [0.2, 0.25) is 0 Å². The van der Waals surface area contributed by atoms with Crippen LogP contribution in [-0.4, -0.2) is 9.78 Å². The number of rotatable bonds is 0. The van der Waals surface area contributed by atoms with E-state index in [4.69, 9.17) is 6.42 Å². The third-order valence-corrected chi connectivity index (χ3v) is 0.666. The lowest BCUT2D eigenvalue weighted by molar-refractivity contribution is 0.627. The molecule has 0 amide bonds. The molecule has 0 fully saturated rings. The summed E-state index contributed by atoms with van der Waals surface area (Å²) in [6.45, 7) is 0. The van der Waals surface area contributed by atoms with Crippen molar-refractivity contribution in [3.63, 3.8) is 0 Å². The first kappa shape index (κ1) is 4.85. The number of hydrogen-bond acceptors (Lipinski definition) is 1. The molecule has 0 saturated heterocycles. The van der Waals surface area contributed by atoms with E-state index in [0.717, 1.165) is 17.1 Å². The van der Waals surface area contributed by atoms with E-state index in [1.54, 1.807) is 0 Å². The van der Waals surface area contributed by atoms with E-state index in [2.05, 4.69) is 5.10 Å². The monoisotopic (exact) mass is 109 g/mol. The molecule has 1 aromatic rings. The van der Waals surface area contributed by atoms with Gasteiger partial charge in [0.2, 0.25) is 0 Å². The zero-order chi connectivity index (χ0) is 5.98. The molecule has 0 unspecified atom stereocenters. The zero-order valence-electron chi connectivity index (χ0n) is 3.93. The van der Waals surface area contributed by atoms with Crippen molar-refractivity contribution in [3.05, 3.63) is 24.6 Å². The van der Waals surface area contributed by atoms with E-state index < -0.39 is 5.82 Å². The molecule has 0 N–H and O–H groups in total. The summed E-state index contributed by atoms with van der Waals surface area (Å²) >= 11 is 0. The van der Waals surface area contributed by atoms with E-state index in [1.807, 2.05) is 6.04 Å². The van der Waals surface area contributed by atoms with Crippen LogP contribution < -0.4 is 0 Å². The summed E-state index contributed by atoms with van der Waals surface area (Å²) in [7, 11) is 0. The standard InChI is InChI=1S/C5H2FN2/c1-2-8-4-5(6)3-7-8/h3-4H. The third kappa shape index (κ3) is 0.684. The Morgan fingerprint density at radius 3 is 2.88 bits per heavy atom. The number of hydrogen-bond donors (Lipinski definition) is 0. The maximum absolute atomic E-state index is 11.9. The Labute approximate surface area is 45.9 Å². The minimum Gasteiger partial charge on any atom is -0.203 e. The van der Waals surface area contributed by atoms with Crippen LogP contribution in [0.3, 0.4) is 0 Å². The Morgan fingerprint density at radius 2 is 2.62 bits per heavy atom. The van der Waals surface area contributed by atoms with Gasteiger partial charge >= 0.3 is 0 Å². The summed E-state index contributed by atoms with van der Waals surface area (Å²) < 4.78 is 12.9. The summed E-state index contributed by atoms with van der Waals surface area (Å²) in [5.74, 6) is -0.454. The van der Waals surface area contributed by atoms with E-state index >= 15 is 0 Å². The van der Waals surface area contributed by atoms with Crippen molar-refractivity contribution in [2.24, 2.45) is 0 Å². The Bertz CT molecular complexity index is 221. The van der Waals surface area contributed by atoms with Crippen LogP contribution >= 0.6 is 0 Å². The SMILES string of the molecule is [C]#Cn1cc(F)cn1. The molecule has 0 aliphatic carbocycles. The van der Waals surface area contributed by atoms with Crippen molar-refractivity contribution < 1.29 is 4.39 Å². The van der Waals surface area contributed by atoms with Crippen LogP contribution in [0.1, 0.15) is 0 Å². The molecular weight excluding hydrogens is 107 g/mol. The summed E-state index contributed by atoms with van der Waals surface area (Å²) in [5, 5.41) is 3.38. The molecule has 1 aromatic heterocycles. The van der Waals surface area contributed by atoms with Gasteiger partial charge in [-0.1, -0.05) is 0 Å². The topological polar surface area (TPSA) is 17.8 Å². The van der Waals surface area contributed by atoms with Gasteiger partial charge in [-0.05, 0) is 0 Å². The van der Waals surface area contributed by atoms with E-state index in [-0.39, 0.29) is 0 Å². The molecular formula is C5H2FN2. The first-order chi connectivity index (χ1) is 3.83. The fourth-order valence-electron chi connectivity index (χ4n) is 0.362. The van der Waals surface area contributed by atoms with Gasteiger partial charge in [-0.3, -0.25) is 0 Å². The maximum Gasteiger partial charge on any atom is 0.162 e. The molecule has 1 radical (unpaired) electrons. The van der Waals surface area contributed by atoms with Crippen molar-refractivity contribution in [2.75, 3.05) is 0 Å². The number of aromatic nitrogens is 2. The fraction of sp³-hybridized carbons (Fsp3) is 0. The Kier molecular flexibility index (Phi) is 1.01. The molecule has 0 atom stereocenters. The quantitative estimate of drug-likeness (QED) is 0.441. The molecule has 0 aliphatic heterocycles. The second-order valence-corrected chi connectivity index (χ2v) is 1.21. The van der Waals surface area contributed by atoms with Gasteiger partial charge in [-0.25, -0.2) is 4.39 Å². The van der Waals surface area contributed by atoms with Gasteiger partial charge in [-0.2, -0.15) is 9.78 Å². The van der Waals surface area contributed by atoms with Crippen LogP contribution in [-0.2, 0) is 0 Å². The molecule has 0 aliphatic rings. The summed E-state index contributed by atoms with van der Waals surface area (Å²) in [6, 6.07) is 1.86. The average Bonchev–Trinajstić information content (AvgIpc) is 2.14. The van der Waals surface area contributed by atoms with E-state index in [9.17, 15) is 4.39 Å². The maximum atomic E-state index is 11.9. The Morgan fingerprint density at radius 1 is 1.88 bits per heavy atom. The molecule has 1 heterocycles. The number of halogens is 1. The largest absolute Gasteiger partial charge is 0.203 e. The molecule has 1 rings (SSSR count). The first-order valence-corrected chi connectivity index (χ1v) is 1.96. The minimum atomic E-state index is -0.454. The van der Waals surface area contributed by atoms with Crippen molar-refractivity contribution in [3.8, 4) is 6.04 Å². The minimum absolute atomic E-state index is 0.454. The van der Waals surface area contributed by atoms with Crippen LogP contribution in [0.4, 0.5) is 4.39 Å². The second kappa shape index (κ2) is 1.66. The summed E-state index contributed by atoms with van der Waals surface area (Å²) in [5.41, 5.74) is 0. The predicted molar refractivity (Wildman–Crippen MR) is 24.7 cm³/mol. The first-order valence-electron chi connectivity index (χ1n) is 1.96. The van der Waals surface area contributed by atoms with E-state index in [1.165, 1.54) is 0 Å². The van der Waals surface area contributed by atoms with Gasteiger partial charge in [-0.15, -0.1) is 0 Å². The van der Waals surface area contributed by atoms with Crippen LogP contribution in [0.5, 0.6) is 0 Å². The zero-order valence-corrected chi connectivity index (χ0v) is 3.93. The van der Waals surface area contributed by atoms with Gasteiger partial charge < -0.3 is 0 Å². The molecule has 0 aromatic carbocycles. The molecule has 3 heteroatoms. The lowest BCUT2D eigenvalue weighted by Crippen LogP contribution is -1.84. The van der Waals surface area contributed by atoms with E-state index in [0.29, 0.717) is 0 Å². The van der Waals surface area contributed by atoms with Gasteiger partial charge in [0, 0.05) is 12.5 Å². The van der Waals surface area contributed by atoms with Gasteiger partial charge in [0.25, 0.3) is 0 Å². The van der Waals surface area contributed by atoms with Crippen LogP contribution in [0, 0.1) is 18.3 Å². The summed E-state index contributed by atoms with van der Waals surface area (Å²) in [4.78, 5) is 0. The van der Waals surface area contributed by atoms with Crippen LogP contribution in [0.25, 0.3) is 0 Å². The highest BCUT2D eigenvalue weighted by atomic mass is 19.1. The van der Waals surface area contributed by atoms with Crippen molar-refractivity contribution >= 4 is 0 Å². The summed E-state index contributed by atoms with van der Waals surface area (Å²) in [6.07, 6.45) is 8.52. The van der Waals surface area contributed by atoms with Crippen molar-refractivity contribution in [1.82, 2.24) is 9.78 Å². The second-order valence-electron chi connectivity index (χ2n) is 1.21. The lowest BCUT2D eigenvalue weighted by atomic mass is 10.7. The third-order valence-electron chi connectivity index (χ3n) is 0.666. The highest BCUT2D eigenvalue weighted by Crippen LogP contribution is 1.89. The molecule has 8 heavy (non-hydrogen) atoms. The molecule has 0 bridgehead atoms. The smallest absolute Gasteiger partial charge is 0.162 e. The molecule has 2 nitrogen and oxygen atoms in total. The van der Waals surface area contributed by atoms with Crippen molar-refractivity contribution in [2.45, 2.75) is 0 Å². The highest BCUT2D eigenvalue weighted by molar-refractivity contribution is 4.91.